The average molecular weight is 414 g/mol. The minimum atomic E-state index is -3.22. The molecule has 1 saturated heterocycles. The molecule has 3 rings (SSSR count). The second-order valence-electron chi connectivity index (χ2n) is 7.59. The zero-order chi connectivity index (χ0) is 19.3. The Morgan fingerprint density at radius 2 is 2.11 bits per heavy atom. The van der Waals surface area contributed by atoms with Gasteiger partial charge in [-0.15, -0.1) is 11.3 Å². The van der Waals surface area contributed by atoms with Gasteiger partial charge in [0.05, 0.1) is 22.4 Å². The van der Waals surface area contributed by atoms with E-state index in [2.05, 4.69) is 5.32 Å². The first kappa shape index (κ1) is 20.7. The third-order valence-electron chi connectivity index (χ3n) is 5.37. The molecule has 27 heavy (non-hydrogen) atoms. The summed E-state index contributed by atoms with van der Waals surface area (Å²) in [5.41, 5.74) is 1.29. The van der Waals surface area contributed by atoms with Gasteiger partial charge in [0.2, 0.25) is 15.9 Å². The van der Waals surface area contributed by atoms with Crippen LogP contribution in [0.25, 0.3) is 0 Å². The molecule has 1 aromatic rings. The minimum absolute atomic E-state index is 0.00942. The number of hydrogen-bond acceptors (Lipinski definition) is 5. The standard InChI is InChI=1S/C19H31N3O3S2/c1-2-13-27(24,25)22-12-6-7-15(14-22)19(23)20-11-5-10-18-21-16-8-3-4-9-17(16)26-18/h15H,2-14H2,1H3,(H,20,23). The van der Waals surface area contributed by atoms with E-state index >= 15 is 0 Å². The van der Waals surface area contributed by atoms with E-state index < -0.39 is 10.0 Å². The largest absolute Gasteiger partial charge is 0.356 e. The van der Waals surface area contributed by atoms with Crippen LogP contribution in [0.3, 0.4) is 0 Å². The maximum absolute atomic E-state index is 12.5. The SMILES string of the molecule is CCCS(=O)(=O)N1CCCC(C(=O)NCCCc2nc3c(s2)CCCC3)C1. The molecule has 1 aromatic heterocycles. The molecular weight excluding hydrogens is 382 g/mol. The van der Waals surface area contributed by atoms with Crippen molar-refractivity contribution in [2.75, 3.05) is 25.4 Å². The van der Waals surface area contributed by atoms with Crippen molar-refractivity contribution < 1.29 is 13.2 Å². The Hall–Kier alpha value is -0.990. The molecule has 0 saturated carbocycles. The van der Waals surface area contributed by atoms with Gasteiger partial charge in [-0.3, -0.25) is 4.79 Å². The lowest BCUT2D eigenvalue weighted by Gasteiger charge is -2.31. The number of fused-ring (bicyclic) bond motifs is 1. The van der Waals surface area contributed by atoms with Gasteiger partial charge in [-0.25, -0.2) is 17.7 Å². The summed E-state index contributed by atoms with van der Waals surface area (Å²) in [4.78, 5) is 18.7. The van der Waals surface area contributed by atoms with Gasteiger partial charge in [0.1, 0.15) is 0 Å². The van der Waals surface area contributed by atoms with Crippen LogP contribution in [0.2, 0.25) is 0 Å². The summed E-state index contributed by atoms with van der Waals surface area (Å²) in [5, 5.41) is 4.19. The first-order chi connectivity index (χ1) is 13.0. The number of nitrogens with one attached hydrogen (secondary N) is 1. The highest BCUT2D eigenvalue weighted by atomic mass is 32.2. The summed E-state index contributed by atoms with van der Waals surface area (Å²) < 4.78 is 26.0. The van der Waals surface area contributed by atoms with Crippen molar-refractivity contribution in [3.8, 4) is 0 Å². The van der Waals surface area contributed by atoms with Crippen molar-refractivity contribution in [2.24, 2.45) is 5.92 Å². The zero-order valence-corrected chi connectivity index (χ0v) is 17.8. The number of amides is 1. The molecule has 1 unspecified atom stereocenters. The van der Waals surface area contributed by atoms with Gasteiger partial charge in [-0.05, 0) is 51.4 Å². The third kappa shape index (κ3) is 5.51. The van der Waals surface area contributed by atoms with Crippen LogP contribution < -0.4 is 5.32 Å². The molecule has 0 radical (unpaired) electrons. The summed E-state index contributed by atoms with van der Waals surface area (Å²) in [6.07, 6.45) is 8.72. The lowest BCUT2D eigenvalue weighted by atomic mass is 9.99. The molecule has 0 aromatic carbocycles. The molecule has 8 heteroatoms. The van der Waals surface area contributed by atoms with Crippen molar-refractivity contribution in [2.45, 2.75) is 64.7 Å². The average Bonchev–Trinajstić information content (AvgIpc) is 3.08. The van der Waals surface area contributed by atoms with E-state index in [9.17, 15) is 13.2 Å². The van der Waals surface area contributed by atoms with Gasteiger partial charge in [0.25, 0.3) is 0 Å². The monoisotopic (exact) mass is 413 g/mol. The molecular formula is C19H31N3O3S2. The molecule has 2 aliphatic rings. The Kier molecular flexibility index (Phi) is 7.28. The maximum Gasteiger partial charge on any atom is 0.224 e. The van der Waals surface area contributed by atoms with E-state index in [1.807, 2.05) is 18.3 Å². The fourth-order valence-electron chi connectivity index (χ4n) is 3.90. The van der Waals surface area contributed by atoms with Gasteiger partial charge in [0, 0.05) is 30.9 Å². The smallest absolute Gasteiger partial charge is 0.224 e. The van der Waals surface area contributed by atoms with Crippen LogP contribution in [0.15, 0.2) is 0 Å². The Morgan fingerprint density at radius 3 is 2.89 bits per heavy atom. The summed E-state index contributed by atoms with van der Waals surface area (Å²) in [7, 11) is -3.22. The van der Waals surface area contributed by atoms with Crippen LogP contribution in [0, 0.1) is 5.92 Å². The molecule has 1 N–H and O–H groups in total. The van der Waals surface area contributed by atoms with Crippen LogP contribution in [0.4, 0.5) is 0 Å². The van der Waals surface area contributed by atoms with Crippen molar-refractivity contribution >= 4 is 27.3 Å². The van der Waals surface area contributed by atoms with E-state index in [1.54, 1.807) is 0 Å². The molecule has 2 heterocycles. The first-order valence-electron chi connectivity index (χ1n) is 10.2. The van der Waals surface area contributed by atoms with Gasteiger partial charge in [-0.1, -0.05) is 6.92 Å². The van der Waals surface area contributed by atoms with Crippen LogP contribution in [0.1, 0.15) is 61.0 Å². The van der Waals surface area contributed by atoms with Gasteiger partial charge < -0.3 is 5.32 Å². The van der Waals surface area contributed by atoms with E-state index in [4.69, 9.17) is 4.98 Å². The Morgan fingerprint density at radius 1 is 1.30 bits per heavy atom. The number of sulfonamides is 1. The molecule has 1 amide bonds. The summed E-state index contributed by atoms with van der Waals surface area (Å²) in [6, 6.07) is 0. The van der Waals surface area contributed by atoms with Gasteiger partial charge in [-0.2, -0.15) is 0 Å². The highest BCUT2D eigenvalue weighted by Crippen LogP contribution is 2.27. The number of aromatic nitrogens is 1. The Balaban J connectivity index is 1.41. The highest BCUT2D eigenvalue weighted by Gasteiger charge is 2.31. The number of carbonyl (C=O) groups is 1. The fourth-order valence-corrected chi connectivity index (χ4v) is 6.69. The number of aryl methyl sites for hydroxylation is 3. The second-order valence-corrected chi connectivity index (χ2v) is 10.8. The molecule has 6 nitrogen and oxygen atoms in total. The topological polar surface area (TPSA) is 79.4 Å². The van der Waals surface area contributed by atoms with Crippen molar-refractivity contribution in [3.05, 3.63) is 15.6 Å². The van der Waals surface area contributed by atoms with E-state index in [-0.39, 0.29) is 17.6 Å². The normalized spacial score (nSPS) is 21.0. The van der Waals surface area contributed by atoms with Crippen LogP contribution in [0.5, 0.6) is 0 Å². The number of carbonyl (C=O) groups excluding carboxylic acids is 1. The van der Waals surface area contributed by atoms with Crippen molar-refractivity contribution in [1.29, 1.82) is 0 Å². The van der Waals surface area contributed by atoms with Crippen LogP contribution in [-0.4, -0.2) is 49.0 Å². The number of hydrogen-bond donors (Lipinski definition) is 1. The first-order valence-corrected chi connectivity index (χ1v) is 12.6. The molecule has 1 atom stereocenters. The van der Waals surface area contributed by atoms with Gasteiger partial charge in [0.15, 0.2) is 0 Å². The second kappa shape index (κ2) is 9.47. The van der Waals surface area contributed by atoms with Crippen molar-refractivity contribution in [3.63, 3.8) is 0 Å². The van der Waals surface area contributed by atoms with E-state index in [0.29, 0.717) is 26.1 Å². The quantitative estimate of drug-likeness (QED) is 0.664. The van der Waals surface area contributed by atoms with Crippen LogP contribution >= 0.6 is 11.3 Å². The molecule has 152 valence electrons. The summed E-state index contributed by atoms with van der Waals surface area (Å²) in [5.74, 6) is -0.0681. The molecule has 0 bridgehead atoms. The number of rotatable bonds is 8. The lowest BCUT2D eigenvalue weighted by molar-refractivity contribution is -0.126. The summed E-state index contributed by atoms with van der Waals surface area (Å²) >= 11 is 1.83. The van der Waals surface area contributed by atoms with Crippen LogP contribution in [-0.2, 0) is 34.1 Å². The maximum atomic E-state index is 12.5. The Labute approximate surface area is 166 Å². The minimum Gasteiger partial charge on any atom is -0.356 e. The number of thiazole rings is 1. The highest BCUT2D eigenvalue weighted by molar-refractivity contribution is 7.89. The zero-order valence-electron chi connectivity index (χ0n) is 16.2. The third-order valence-corrected chi connectivity index (χ3v) is 8.63. The number of piperidine rings is 1. The van der Waals surface area contributed by atoms with Crippen molar-refractivity contribution in [1.82, 2.24) is 14.6 Å². The molecule has 0 spiro atoms. The fraction of sp³-hybridized carbons (Fsp3) is 0.789. The molecule has 1 aliphatic heterocycles. The van der Waals surface area contributed by atoms with E-state index in [0.717, 1.165) is 32.1 Å². The molecule has 1 aliphatic carbocycles. The van der Waals surface area contributed by atoms with Gasteiger partial charge >= 0.3 is 0 Å². The summed E-state index contributed by atoms with van der Waals surface area (Å²) in [6.45, 7) is 3.36. The number of nitrogens with zero attached hydrogens (tertiary/aromatic N) is 2. The Bertz CT molecular complexity index is 722. The lowest BCUT2D eigenvalue weighted by Crippen LogP contribution is -2.46. The van der Waals surface area contributed by atoms with E-state index in [1.165, 1.54) is 39.1 Å². The predicted octanol–water partition coefficient (Wildman–Crippen LogP) is 2.52. The predicted molar refractivity (Wildman–Crippen MR) is 108 cm³/mol. The molecule has 1 fully saturated rings.